The van der Waals surface area contributed by atoms with Crippen molar-refractivity contribution in [3.63, 3.8) is 0 Å². The number of aryl methyl sites for hydroxylation is 1. The van der Waals surface area contributed by atoms with E-state index in [1.54, 1.807) is 6.08 Å². The van der Waals surface area contributed by atoms with Gasteiger partial charge in [-0.1, -0.05) is 24.0 Å². The lowest BCUT2D eigenvalue weighted by atomic mass is 10.2. The predicted octanol–water partition coefficient (Wildman–Crippen LogP) is 1.10. The van der Waals surface area contributed by atoms with Gasteiger partial charge in [-0.05, 0) is 36.6 Å². The molecule has 0 bridgehead atoms. The average molecular weight is 355 g/mol. The molecule has 22 heavy (non-hydrogen) atoms. The smallest absolute Gasteiger partial charge is 0.266 e. The van der Waals surface area contributed by atoms with Gasteiger partial charge in [0.2, 0.25) is 0 Å². The van der Waals surface area contributed by atoms with Gasteiger partial charge >= 0.3 is 0 Å². The fourth-order valence-corrected chi connectivity index (χ4v) is 3.89. The topological polar surface area (TPSA) is 65.4 Å². The Kier molecular flexibility index (Phi) is 5.71. The predicted molar refractivity (Wildman–Crippen MR) is 92.2 cm³/mol. The number of rotatable bonds is 6. The number of nitrogens with zero attached hydrogens (tertiary/aromatic N) is 2. The molecule has 0 radical (unpaired) electrons. The largest absolute Gasteiger partial charge is 0.548 e. The van der Waals surface area contributed by atoms with Crippen molar-refractivity contribution in [3.05, 3.63) is 28.9 Å². The van der Waals surface area contributed by atoms with Crippen molar-refractivity contribution in [2.45, 2.75) is 12.5 Å². The lowest BCUT2D eigenvalue weighted by Gasteiger charge is -2.27. The van der Waals surface area contributed by atoms with Gasteiger partial charge in [0, 0.05) is 18.9 Å². The number of carboxylic acids is 1. The van der Waals surface area contributed by atoms with Crippen LogP contribution in [-0.2, 0) is 16.6 Å². The number of hydrogen-bond donors (Lipinski definition) is 0. The van der Waals surface area contributed by atoms with E-state index in [9.17, 15) is 14.7 Å². The molecule has 5 nitrogen and oxygen atoms in total. The Morgan fingerprint density at radius 1 is 1.59 bits per heavy atom. The minimum absolute atomic E-state index is 0.265. The van der Waals surface area contributed by atoms with Gasteiger partial charge in [-0.2, -0.15) is 11.8 Å². The Labute approximate surface area is 142 Å². The second-order valence-corrected chi connectivity index (χ2v) is 7.37. The third-order valence-corrected chi connectivity index (χ3v) is 5.24. The summed E-state index contributed by atoms with van der Waals surface area (Å²) in [6.07, 6.45) is 5.79. The van der Waals surface area contributed by atoms with Crippen molar-refractivity contribution < 1.29 is 14.7 Å². The molecule has 1 fully saturated rings. The number of carbonyl (C=O) groups is 2. The molecule has 0 saturated carbocycles. The van der Waals surface area contributed by atoms with Gasteiger partial charge in [-0.25, -0.2) is 0 Å². The highest BCUT2D eigenvalue weighted by Gasteiger charge is 2.37. The van der Waals surface area contributed by atoms with E-state index < -0.39 is 12.0 Å². The molecule has 0 aromatic carbocycles. The van der Waals surface area contributed by atoms with Crippen LogP contribution in [0.5, 0.6) is 0 Å². The average Bonchev–Trinajstić information content (AvgIpc) is 2.97. The highest BCUT2D eigenvalue weighted by Crippen LogP contribution is 2.34. The second-order valence-electron chi connectivity index (χ2n) is 4.71. The van der Waals surface area contributed by atoms with Gasteiger partial charge in [0.1, 0.15) is 4.32 Å². The van der Waals surface area contributed by atoms with Gasteiger partial charge in [0.15, 0.2) is 0 Å². The zero-order valence-corrected chi connectivity index (χ0v) is 14.6. The van der Waals surface area contributed by atoms with E-state index >= 15 is 0 Å². The maximum atomic E-state index is 12.5. The summed E-state index contributed by atoms with van der Waals surface area (Å²) in [4.78, 5) is 25.5. The first-order valence-electron chi connectivity index (χ1n) is 6.54. The lowest BCUT2D eigenvalue weighted by Crippen LogP contribution is -2.50. The molecule has 0 aliphatic carbocycles. The van der Waals surface area contributed by atoms with E-state index in [1.165, 1.54) is 16.7 Å². The summed E-state index contributed by atoms with van der Waals surface area (Å²) in [6.45, 7) is 0. The molecule has 0 N–H and O–H groups in total. The van der Waals surface area contributed by atoms with E-state index in [4.69, 9.17) is 12.2 Å². The van der Waals surface area contributed by atoms with E-state index in [0.29, 0.717) is 17.1 Å². The summed E-state index contributed by atoms with van der Waals surface area (Å²) in [5.41, 5.74) is 0.856. The van der Waals surface area contributed by atoms with Crippen molar-refractivity contribution in [2.24, 2.45) is 7.05 Å². The normalized spacial score (nSPS) is 18.3. The molecule has 2 heterocycles. The summed E-state index contributed by atoms with van der Waals surface area (Å²) >= 11 is 7.84. The van der Waals surface area contributed by atoms with Crippen LogP contribution < -0.4 is 5.11 Å². The van der Waals surface area contributed by atoms with Crippen LogP contribution in [0.15, 0.2) is 23.2 Å². The summed E-state index contributed by atoms with van der Waals surface area (Å²) < 4.78 is 2.14. The molecule has 1 aliphatic rings. The Morgan fingerprint density at radius 2 is 2.32 bits per heavy atom. The molecular formula is C14H15N2O3S3-. The number of thiocarbonyl (C=S) groups is 1. The molecule has 1 amide bonds. The maximum Gasteiger partial charge on any atom is 0.266 e. The molecule has 0 spiro atoms. The fourth-order valence-electron chi connectivity index (χ4n) is 2.09. The fraction of sp³-hybridized carbons (Fsp3) is 0.357. The number of aliphatic carboxylic acids is 1. The van der Waals surface area contributed by atoms with Crippen molar-refractivity contribution >= 4 is 58.0 Å². The van der Waals surface area contributed by atoms with Crippen LogP contribution in [0.25, 0.3) is 6.08 Å². The van der Waals surface area contributed by atoms with E-state index in [-0.39, 0.29) is 10.2 Å². The van der Waals surface area contributed by atoms with Crippen molar-refractivity contribution in [3.8, 4) is 0 Å². The third kappa shape index (κ3) is 3.56. The van der Waals surface area contributed by atoms with Crippen LogP contribution >= 0.6 is 35.7 Å². The highest BCUT2D eigenvalue weighted by molar-refractivity contribution is 8.26. The second kappa shape index (κ2) is 7.34. The van der Waals surface area contributed by atoms with Gasteiger partial charge in [0.25, 0.3) is 5.91 Å². The molecule has 1 atom stereocenters. The van der Waals surface area contributed by atoms with Crippen LogP contribution in [0, 0.1) is 0 Å². The monoisotopic (exact) mass is 355 g/mol. The Morgan fingerprint density at radius 3 is 2.86 bits per heavy atom. The van der Waals surface area contributed by atoms with Crippen LogP contribution in [0.4, 0.5) is 0 Å². The first-order chi connectivity index (χ1) is 10.5. The molecule has 1 aliphatic heterocycles. The number of carboxylic acid groups (broad SMARTS) is 1. The summed E-state index contributed by atoms with van der Waals surface area (Å²) in [5, 5.41) is 11.4. The zero-order valence-electron chi connectivity index (χ0n) is 12.1. The van der Waals surface area contributed by atoms with Crippen molar-refractivity contribution in [1.29, 1.82) is 0 Å². The lowest BCUT2D eigenvalue weighted by molar-refractivity contribution is -0.310. The molecule has 118 valence electrons. The van der Waals surface area contributed by atoms with Crippen LogP contribution in [0.2, 0.25) is 0 Å². The van der Waals surface area contributed by atoms with E-state index in [2.05, 4.69) is 0 Å². The molecular weight excluding hydrogens is 340 g/mol. The third-order valence-electron chi connectivity index (χ3n) is 3.27. The molecule has 1 aromatic heterocycles. The molecule has 0 unspecified atom stereocenters. The summed E-state index contributed by atoms with van der Waals surface area (Å²) in [6, 6.07) is 2.73. The minimum Gasteiger partial charge on any atom is -0.548 e. The van der Waals surface area contributed by atoms with E-state index in [1.807, 2.05) is 36.2 Å². The molecule has 2 rings (SSSR count). The van der Waals surface area contributed by atoms with Gasteiger partial charge in [0.05, 0.1) is 16.9 Å². The van der Waals surface area contributed by atoms with Gasteiger partial charge in [-0.3, -0.25) is 9.69 Å². The van der Waals surface area contributed by atoms with Crippen LogP contribution in [0.1, 0.15) is 12.1 Å². The number of thioether (sulfide) groups is 2. The Hall–Kier alpha value is -1.25. The van der Waals surface area contributed by atoms with E-state index in [0.717, 1.165) is 17.5 Å². The molecule has 1 saturated heterocycles. The molecule has 1 aromatic rings. The van der Waals surface area contributed by atoms with Crippen molar-refractivity contribution in [1.82, 2.24) is 9.47 Å². The van der Waals surface area contributed by atoms with Crippen LogP contribution in [-0.4, -0.2) is 43.7 Å². The first-order valence-corrected chi connectivity index (χ1v) is 9.15. The number of amides is 1. The van der Waals surface area contributed by atoms with Crippen LogP contribution in [0.3, 0.4) is 0 Å². The minimum atomic E-state index is -1.27. The van der Waals surface area contributed by atoms with Gasteiger partial charge < -0.3 is 14.5 Å². The number of hydrogen-bond acceptors (Lipinski definition) is 6. The standard InChI is InChI=1S/C14H16N2O3S3/c1-15-6-3-4-9(15)8-11-12(17)16(14(20)22-11)10(13(18)19)5-7-21-2/h3-4,6,8,10H,5,7H2,1-2H3,(H,18,19)/p-1/b11-8+/t10-/m0/s1. The zero-order chi connectivity index (χ0) is 16.3. The SMILES string of the molecule is CSCC[C@@H](C(=O)[O-])N1C(=O)/C(=C\c2cccn2C)SC1=S. The Bertz CT molecular complexity index is 639. The number of carbonyl (C=O) groups excluding carboxylic acids is 2. The molecule has 8 heteroatoms. The number of aromatic nitrogens is 1. The highest BCUT2D eigenvalue weighted by atomic mass is 32.2. The maximum absolute atomic E-state index is 12.5. The van der Waals surface area contributed by atoms with Gasteiger partial charge in [-0.15, -0.1) is 0 Å². The summed E-state index contributed by atoms with van der Waals surface area (Å²) in [5.74, 6) is -1.02. The Balaban J connectivity index is 2.26. The quantitative estimate of drug-likeness (QED) is 0.562. The first kappa shape index (κ1) is 17.1. The van der Waals surface area contributed by atoms with Crippen molar-refractivity contribution in [2.75, 3.05) is 12.0 Å². The summed E-state index contributed by atoms with van der Waals surface area (Å²) in [7, 11) is 1.87.